The number of esters is 1. The molecule has 0 saturated heterocycles. The molecule has 13 heavy (non-hydrogen) atoms. The number of aryl methyl sites for hydroxylation is 1. The number of nitrogens with zero attached hydrogens (tertiary/aromatic N) is 1. The van der Waals surface area contributed by atoms with Crippen LogP contribution in [0.1, 0.15) is 17.4 Å². The number of ether oxygens (including phenoxy) is 1. The van der Waals surface area contributed by atoms with Gasteiger partial charge >= 0.3 is 5.97 Å². The van der Waals surface area contributed by atoms with Crippen molar-refractivity contribution in [3.05, 3.63) is 29.6 Å². The summed E-state index contributed by atoms with van der Waals surface area (Å²) in [5.41, 5.74) is 1.11. The summed E-state index contributed by atoms with van der Waals surface area (Å²) in [6, 6.07) is 3.30. The average Bonchev–Trinajstić information content (AvgIpc) is 2.16. The Hall–Kier alpha value is -1.42. The van der Waals surface area contributed by atoms with Gasteiger partial charge in [-0.2, -0.15) is 0 Å². The van der Waals surface area contributed by atoms with Crippen molar-refractivity contribution >= 4 is 5.97 Å². The molecule has 0 fully saturated rings. The van der Waals surface area contributed by atoms with Crippen LogP contribution in [0.3, 0.4) is 0 Å². The smallest absolute Gasteiger partial charge is 0.339 e. The number of methoxy groups -OCH3 is 1. The zero-order chi connectivity index (χ0) is 9.84. The molecule has 0 radical (unpaired) electrons. The van der Waals surface area contributed by atoms with E-state index in [0.717, 1.165) is 0 Å². The monoisotopic (exact) mass is 181 g/mol. The average molecular weight is 181 g/mol. The lowest BCUT2D eigenvalue weighted by molar-refractivity contribution is -0.150. The van der Waals surface area contributed by atoms with E-state index < -0.39 is 12.1 Å². The molecule has 4 heteroatoms. The van der Waals surface area contributed by atoms with E-state index in [2.05, 4.69) is 9.72 Å². The van der Waals surface area contributed by atoms with Gasteiger partial charge < -0.3 is 9.84 Å². The molecule has 1 atom stereocenters. The molecular weight excluding hydrogens is 170 g/mol. The lowest BCUT2D eigenvalue weighted by Crippen LogP contribution is -2.14. The van der Waals surface area contributed by atoms with E-state index in [4.69, 9.17) is 0 Å². The van der Waals surface area contributed by atoms with Crippen LogP contribution in [0.25, 0.3) is 0 Å². The molecule has 1 rings (SSSR count). The lowest BCUT2D eigenvalue weighted by Gasteiger charge is -2.09. The Morgan fingerprint density at radius 2 is 2.38 bits per heavy atom. The summed E-state index contributed by atoms with van der Waals surface area (Å²) in [5.74, 6) is -0.670. The second-order valence-electron chi connectivity index (χ2n) is 2.60. The second-order valence-corrected chi connectivity index (χ2v) is 2.60. The third kappa shape index (κ3) is 2.03. The maximum absolute atomic E-state index is 11.0. The highest BCUT2D eigenvalue weighted by molar-refractivity contribution is 5.76. The van der Waals surface area contributed by atoms with Gasteiger partial charge in [-0.3, -0.25) is 4.98 Å². The van der Waals surface area contributed by atoms with Gasteiger partial charge in [0.1, 0.15) is 0 Å². The molecule has 1 unspecified atom stereocenters. The van der Waals surface area contributed by atoms with Gasteiger partial charge in [0.05, 0.1) is 7.11 Å². The van der Waals surface area contributed by atoms with Gasteiger partial charge in [0.25, 0.3) is 0 Å². The number of rotatable bonds is 2. The number of carbonyl (C=O) groups excluding carboxylic acids is 1. The highest BCUT2D eigenvalue weighted by Gasteiger charge is 2.19. The number of hydrogen-bond donors (Lipinski definition) is 1. The molecule has 0 saturated carbocycles. The first-order valence-electron chi connectivity index (χ1n) is 3.84. The Bertz CT molecular complexity index is 311. The molecule has 0 amide bonds. The van der Waals surface area contributed by atoms with Crippen LogP contribution < -0.4 is 0 Å². The van der Waals surface area contributed by atoms with Crippen molar-refractivity contribution in [1.29, 1.82) is 0 Å². The SMILES string of the molecule is COC(=O)C(O)c1cccnc1C. The summed E-state index contributed by atoms with van der Waals surface area (Å²) in [6.45, 7) is 1.72. The molecule has 0 aromatic carbocycles. The quantitative estimate of drug-likeness (QED) is 0.678. The molecule has 0 aliphatic carbocycles. The van der Waals surface area contributed by atoms with Crippen molar-refractivity contribution in [2.75, 3.05) is 7.11 Å². The van der Waals surface area contributed by atoms with Crippen LogP contribution in [-0.4, -0.2) is 23.2 Å². The fourth-order valence-electron chi connectivity index (χ4n) is 1.02. The maximum Gasteiger partial charge on any atom is 0.339 e. The molecule has 1 heterocycles. The van der Waals surface area contributed by atoms with Crippen LogP contribution in [0.5, 0.6) is 0 Å². The molecule has 0 spiro atoms. The Balaban J connectivity index is 2.95. The van der Waals surface area contributed by atoms with E-state index in [1.807, 2.05) is 0 Å². The Labute approximate surface area is 76.2 Å². The lowest BCUT2D eigenvalue weighted by atomic mass is 10.1. The highest BCUT2D eigenvalue weighted by atomic mass is 16.5. The van der Waals surface area contributed by atoms with E-state index in [-0.39, 0.29) is 0 Å². The summed E-state index contributed by atoms with van der Waals surface area (Å²) >= 11 is 0. The third-order valence-electron chi connectivity index (χ3n) is 1.77. The first kappa shape index (κ1) is 9.67. The largest absolute Gasteiger partial charge is 0.467 e. The van der Waals surface area contributed by atoms with Crippen LogP contribution in [0.15, 0.2) is 18.3 Å². The minimum absolute atomic E-state index is 0.481. The summed E-state index contributed by atoms with van der Waals surface area (Å²) in [5, 5.41) is 9.46. The standard InChI is InChI=1S/C9H11NO3/c1-6-7(4-3-5-10-6)8(11)9(12)13-2/h3-5,8,11H,1-2H3. The van der Waals surface area contributed by atoms with Crippen LogP contribution >= 0.6 is 0 Å². The summed E-state index contributed by atoms with van der Waals surface area (Å²) in [6.07, 6.45) is 0.363. The van der Waals surface area contributed by atoms with E-state index in [1.54, 1.807) is 25.3 Å². The normalized spacial score (nSPS) is 12.2. The van der Waals surface area contributed by atoms with Crippen molar-refractivity contribution in [1.82, 2.24) is 4.98 Å². The first-order valence-corrected chi connectivity index (χ1v) is 3.84. The summed E-state index contributed by atoms with van der Waals surface area (Å²) in [7, 11) is 1.23. The molecule has 4 nitrogen and oxygen atoms in total. The van der Waals surface area contributed by atoms with Gasteiger partial charge in [0.15, 0.2) is 6.10 Å². The summed E-state index contributed by atoms with van der Waals surface area (Å²) < 4.78 is 4.40. The number of aliphatic hydroxyl groups is 1. The number of carbonyl (C=O) groups is 1. The van der Waals surface area contributed by atoms with Crippen LogP contribution in [-0.2, 0) is 9.53 Å². The minimum Gasteiger partial charge on any atom is -0.467 e. The van der Waals surface area contributed by atoms with Crippen LogP contribution in [0, 0.1) is 6.92 Å². The third-order valence-corrected chi connectivity index (χ3v) is 1.77. The number of hydrogen-bond acceptors (Lipinski definition) is 4. The van der Waals surface area contributed by atoms with E-state index in [1.165, 1.54) is 7.11 Å². The topological polar surface area (TPSA) is 59.4 Å². The molecule has 0 aliphatic rings. The molecule has 1 aromatic rings. The van der Waals surface area contributed by atoms with Crippen molar-refractivity contribution in [2.45, 2.75) is 13.0 Å². The fourth-order valence-corrected chi connectivity index (χ4v) is 1.02. The van der Waals surface area contributed by atoms with E-state index >= 15 is 0 Å². The molecular formula is C9H11NO3. The van der Waals surface area contributed by atoms with Crippen molar-refractivity contribution in [2.24, 2.45) is 0 Å². The van der Waals surface area contributed by atoms with Gasteiger partial charge in [-0.05, 0) is 13.0 Å². The first-order chi connectivity index (χ1) is 6.16. The van der Waals surface area contributed by atoms with E-state index in [0.29, 0.717) is 11.3 Å². The zero-order valence-electron chi connectivity index (χ0n) is 7.52. The van der Waals surface area contributed by atoms with E-state index in [9.17, 15) is 9.90 Å². The Kier molecular flexibility index (Phi) is 2.97. The molecule has 0 aliphatic heterocycles. The molecule has 1 N–H and O–H groups in total. The second kappa shape index (κ2) is 4.00. The highest BCUT2D eigenvalue weighted by Crippen LogP contribution is 2.15. The van der Waals surface area contributed by atoms with Crippen molar-refractivity contribution < 1.29 is 14.6 Å². The predicted octanol–water partition coefficient (Wildman–Crippen LogP) is 0.596. The van der Waals surface area contributed by atoms with Gasteiger partial charge in [-0.1, -0.05) is 6.07 Å². The fraction of sp³-hybridized carbons (Fsp3) is 0.333. The Morgan fingerprint density at radius 1 is 1.69 bits per heavy atom. The number of pyridine rings is 1. The zero-order valence-corrected chi connectivity index (χ0v) is 7.52. The number of aliphatic hydroxyl groups excluding tert-OH is 1. The van der Waals surface area contributed by atoms with Gasteiger partial charge in [-0.15, -0.1) is 0 Å². The van der Waals surface area contributed by atoms with Gasteiger partial charge in [0.2, 0.25) is 0 Å². The maximum atomic E-state index is 11.0. The van der Waals surface area contributed by atoms with Crippen LogP contribution in [0.4, 0.5) is 0 Å². The molecule has 1 aromatic heterocycles. The Morgan fingerprint density at radius 3 is 2.92 bits per heavy atom. The minimum atomic E-state index is -1.24. The van der Waals surface area contributed by atoms with Crippen LogP contribution in [0.2, 0.25) is 0 Å². The van der Waals surface area contributed by atoms with Crippen molar-refractivity contribution in [3.63, 3.8) is 0 Å². The number of aromatic nitrogens is 1. The van der Waals surface area contributed by atoms with Crippen molar-refractivity contribution in [3.8, 4) is 0 Å². The van der Waals surface area contributed by atoms with Gasteiger partial charge in [0, 0.05) is 17.5 Å². The van der Waals surface area contributed by atoms with Gasteiger partial charge in [-0.25, -0.2) is 4.79 Å². The summed E-state index contributed by atoms with van der Waals surface area (Å²) in [4.78, 5) is 14.9. The predicted molar refractivity (Wildman–Crippen MR) is 45.9 cm³/mol. The molecule has 70 valence electrons. The molecule has 0 bridgehead atoms.